The van der Waals surface area contributed by atoms with Gasteiger partial charge in [0.25, 0.3) is 0 Å². The molecular formula is C13H14N4OS. The monoisotopic (exact) mass is 274 g/mol. The molecule has 19 heavy (non-hydrogen) atoms. The van der Waals surface area contributed by atoms with Gasteiger partial charge in [-0.1, -0.05) is 6.07 Å². The zero-order chi connectivity index (χ0) is 13.1. The molecule has 0 spiro atoms. The lowest BCUT2D eigenvalue weighted by Crippen LogP contribution is -2.36. The molecule has 6 heteroatoms. The molecule has 5 nitrogen and oxygen atoms in total. The van der Waals surface area contributed by atoms with E-state index in [1.807, 2.05) is 17.5 Å². The Morgan fingerprint density at radius 1 is 1.37 bits per heavy atom. The quantitative estimate of drug-likeness (QED) is 0.898. The van der Waals surface area contributed by atoms with E-state index in [4.69, 9.17) is 0 Å². The van der Waals surface area contributed by atoms with Gasteiger partial charge in [-0.3, -0.25) is 9.97 Å². The normalized spacial score (nSPS) is 14.1. The number of rotatable bonds is 4. The number of carbonyl (C=O) groups excluding carboxylic acids is 1. The van der Waals surface area contributed by atoms with E-state index in [-0.39, 0.29) is 6.03 Å². The molecule has 1 saturated carbocycles. The van der Waals surface area contributed by atoms with E-state index in [1.165, 1.54) is 0 Å². The van der Waals surface area contributed by atoms with Crippen LogP contribution in [0, 0.1) is 0 Å². The smallest absolute Gasteiger partial charge is 0.315 e. The highest BCUT2D eigenvalue weighted by molar-refractivity contribution is 7.13. The summed E-state index contributed by atoms with van der Waals surface area (Å²) in [5, 5.41) is 7.71. The van der Waals surface area contributed by atoms with Crippen molar-refractivity contribution in [2.75, 3.05) is 0 Å². The van der Waals surface area contributed by atoms with E-state index in [0.29, 0.717) is 12.6 Å². The zero-order valence-corrected chi connectivity index (χ0v) is 11.1. The van der Waals surface area contributed by atoms with Crippen LogP contribution >= 0.6 is 11.3 Å². The van der Waals surface area contributed by atoms with Gasteiger partial charge in [0.05, 0.1) is 17.1 Å². The fourth-order valence-corrected chi connectivity index (χ4v) is 2.49. The van der Waals surface area contributed by atoms with Crippen LogP contribution in [0.1, 0.15) is 18.5 Å². The lowest BCUT2D eigenvalue weighted by molar-refractivity contribution is 0.240. The first-order valence-electron chi connectivity index (χ1n) is 6.21. The maximum atomic E-state index is 11.6. The Labute approximate surface area is 115 Å². The van der Waals surface area contributed by atoms with Gasteiger partial charge in [0.15, 0.2) is 0 Å². The van der Waals surface area contributed by atoms with Crippen molar-refractivity contribution in [1.29, 1.82) is 0 Å². The van der Waals surface area contributed by atoms with Crippen LogP contribution in [-0.4, -0.2) is 22.0 Å². The predicted octanol–water partition coefficient (Wildman–Crippen LogP) is 2.17. The number of aromatic nitrogens is 2. The molecule has 2 N–H and O–H groups in total. The Morgan fingerprint density at radius 3 is 2.95 bits per heavy atom. The number of hydrogen-bond acceptors (Lipinski definition) is 4. The SMILES string of the molecule is O=C(NCc1nccnc1-c1cccs1)NC1CC1. The minimum atomic E-state index is -0.134. The summed E-state index contributed by atoms with van der Waals surface area (Å²) in [6, 6.07) is 4.21. The van der Waals surface area contributed by atoms with Gasteiger partial charge in [-0.15, -0.1) is 11.3 Å². The summed E-state index contributed by atoms with van der Waals surface area (Å²) in [6.45, 7) is 0.389. The Hall–Kier alpha value is -1.95. The lowest BCUT2D eigenvalue weighted by atomic mass is 10.2. The van der Waals surface area contributed by atoms with Crippen molar-refractivity contribution in [3.63, 3.8) is 0 Å². The molecule has 0 aliphatic heterocycles. The number of urea groups is 1. The molecule has 3 rings (SSSR count). The second kappa shape index (κ2) is 5.36. The van der Waals surface area contributed by atoms with Crippen LogP contribution in [0.5, 0.6) is 0 Å². The minimum absolute atomic E-state index is 0.134. The van der Waals surface area contributed by atoms with Crippen molar-refractivity contribution < 1.29 is 4.79 Å². The fourth-order valence-electron chi connectivity index (χ4n) is 1.74. The molecule has 2 aromatic rings. The standard InChI is InChI=1S/C13H14N4OS/c18-13(17-9-3-4-9)16-8-10-12(15-6-5-14-10)11-2-1-7-19-11/h1-2,5-7,9H,3-4,8H2,(H2,16,17,18). The van der Waals surface area contributed by atoms with Gasteiger partial charge >= 0.3 is 6.03 Å². The van der Waals surface area contributed by atoms with E-state index in [0.717, 1.165) is 29.1 Å². The highest BCUT2D eigenvalue weighted by Crippen LogP contribution is 2.24. The first-order chi connectivity index (χ1) is 9.33. The Morgan fingerprint density at radius 2 is 2.21 bits per heavy atom. The van der Waals surface area contributed by atoms with Crippen LogP contribution in [0.4, 0.5) is 4.79 Å². The van der Waals surface area contributed by atoms with E-state index >= 15 is 0 Å². The van der Waals surface area contributed by atoms with Crippen molar-refractivity contribution in [2.24, 2.45) is 0 Å². The van der Waals surface area contributed by atoms with Crippen LogP contribution in [-0.2, 0) is 6.54 Å². The maximum Gasteiger partial charge on any atom is 0.315 e. The summed E-state index contributed by atoms with van der Waals surface area (Å²) >= 11 is 1.61. The van der Waals surface area contributed by atoms with Crippen molar-refractivity contribution in [3.8, 4) is 10.6 Å². The molecule has 2 amide bonds. The number of nitrogens with one attached hydrogen (secondary N) is 2. The van der Waals surface area contributed by atoms with Crippen LogP contribution < -0.4 is 10.6 Å². The molecule has 0 unspecified atom stereocenters. The molecule has 1 aliphatic rings. The Balaban J connectivity index is 1.68. The molecule has 0 bridgehead atoms. The number of thiophene rings is 1. The number of amides is 2. The van der Waals surface area contributed by atoms with Crippen LogP contribution in [0.25, 0.3) is 10.6 Å². The molecule has 0 atom stereocenters. The molecule has 0 radical (unpaired) electrons. The first kappa shape index (κ1) is 12.1. The number of hydrogen-bond donors (Lipinski definition) is 2. The molecular weight excluding hydrogens is 260 g/mol. The van der Waals surface area contributed by atoms with E-state index in [2.05, 4.69) is 20.6 Å². The van der Waals surface area contributed by atoms with E-state index in [9.17, 15) is 4.79 Å². The number of nitrogens with zero attached hydrogens (tertiary/aromatic N) is 2. The summed E-state index contributed by atoms with van der Waals surface area (Å²) in [4.78, 5) is 21.3. The largest absolute Gasteiger partial charge is 0.335 e. The van der Waals surface area contributed by atoms with Gasteiger partial charge in [-0.2, -0.15) is 0 Å². The highest BCUT2D eigenvalue weighted by atomic mass is 32.1. The minimum Gasteiger partial charge on any atom is -0.335 e. The fraction of sp³-hybridized carbons (Fsp3) is 0.308. The molecule has 0 saturated heterocycles. The number of carbonyl (C=O) groups is 1. The molecule has 1 aliphatic carbocycles. The van der Waals surface area contributed by atoms with Crippen LogP contribution in [0.2, 0.25) is 0 Å². The second-order valence-electron chi connectivity index (χ2n) is 4.43. The van der Waals surface area contributed by atoms with Gasteiger partial charge < -0.3 is 10.6 Å². The molecule has 2 heterocycles. The second-order valence-corrected chi connectivity index (χ2v) is 5.38. The highest BCUT2D eigenvalue weighted by Gasteiger charge is 2.23. The third-order valence-electron chi connectivity index (χ3n) is 2.86. The van der Waals surface area contributed by atoms with E-state index < -0.39 is 0 Å². The third-order valence-corrected chi connectivity index (χ3v) is 3.73. The third kappa shape index (κ3) is 3.08. The average Bonchev–Trinajstić information content (AvgIpc) is 3.07. The average molecular weight is 274 g/mol. The Kier molecular flexibility index (Phi) is 3.41. The van der Waals surface area contributed by atoms with E-state index in [1.54, 1.807) is 23.7 Å². The van der Waals surface area contributed by atoms with Crippen molar-refractivity contribution in [3.05, 3.63) is 35.6 Å². The lowest BCUT2D eigenvalue weighted by Gasteiger charge is -2.08. The van der Waals surface area contributed by atoms with Gasteiger partial charge in [-0.05, 0) is 24.3 Å². The first-order valence-corrected chi connectivity index (χ1v) is 7.09. The summed E-state index contributed by atoms with van der Waals surface area (Å²) < 4.78 is 0. The van der Waals surface area contributed by atoms with Gasteiger partial charge in [0.2, 0.25) is 0 Å². The van der Waals surface area contributed by atoms with Crippen LogP contribution in [0.15, 0.2) is 29.9 Å². The molecule has 2 aromatic heterocycles. The molecule has 1 fully saturated rings. The maximum absolute atomic E-state index is 11.6. The van der Waals surface area contributed by atoms with Gasteiger partial charge in [0, 0.05) is 18.4 Å². The van der Waals surface area contributed by atoms with Crippen molar-refractivity contribution in [2.45, 2.75) is 25.4 Å². The zero-order valence-electron chi connectivity index (χ0n) is 10.3. The molecule has 0 aromatic carbocycles. The van der Waals surface area contributed by atoms with Crippen molar-refractivity contribution >= 4 is 17.4 Å². The summed E-state index contributed by atoms with van der Waals surface area (Å²) in [7, 11) is 0. The van der Waals surface area contributed by atoms with Crippen LogP contribution in [0.3, 0.4) is 0 Å². The summed E-state index contributed by atoms with van der Waals surface area (Å²) in [5.74, 6) is 0. The Bertz CT molecular complexity index is 566. The van der Waals surface area contributed by atoms with Gasteiger partial charge in [0.1, 0.15) is 5.69 Å². The summed E-state index contributed by atoms with van der Waals surface area (Å²) in [6.07, 6.45) is 5.48. The van der Waals surface area contributed by atoms with Crippen molar-refractivity contribution in [1.82, 2.24) is 20.6 Å². The molecule has 98 valence electrons. The topological polar surface area (TPSA) is 66.9 Å². The summed E-state index contributed by atoms with van der Waals surface area (Å²) in [5.41, 5.74) is 1.63. The van der Waals surface area contributed by atoms with Gasteiger partial charge in [-0.25, -0.2) is 4.79 Å². The predicted molar refractivity (Wildman–Crippen MR) is 73.7 cm³/mol.